The fourth-order valence-corrected chi connectivity index (χ4v) is 3.49. The minimum Gasteiger partial charge on any atom is -0.381 e. The first-order chi connectivity index (χ1) is 13.8. The molecule has 0 aliphatic carbocycles. The molecule has 2 N–H and O–H groups in total. The monoisotopic (exact) mass is 393 g/mol. The minimum absolute atomic E-state index is 0.0404. The number of nitrogens with zero attached hydrogens (tertiary/aromatic N) is 3. The molecule has 1 aliphatic rings. The Morgan fingerprint density at radius 3 is 2.69 bits per heavy atom. The van der Waals surface area contributed by atoms with E-state index in [1.54, 1.807) is 17.0 Å². The average Bonchev–Trinajstić information content (AvgIpc) is 2.59. The number of aromatic nitrogens is 2. The molecule has 0 unspecified atom stereocenters. The summed E-state index contributed by atoms with van der Waals surface area (Å²) in [6, 6.07) is 8.54. The van der Waals surface area contributed by atoms with E-state index in [1.165, 1.54) is 35.8 Å². The van der Waals surface area contributed by atoms with E-state index in [9.17, 15) is 8.78 Å². The van der Waals surface area contributed by atoms with Crippen molar-refractivity contribution in [3.63, 3.8) is 0 Å². The Morgan fingerprint density at radius 2 is 2.07 bits per heavy atom. The SMILES string of the molecule is [B]c1cc(F)cc(N(CC2COC2)c2nc(=N)n(C(C)=N)c3cccc(F)c23)c1. The lowest BCUT2D eigenvalue weighted by molar-refractivity contribution is -0.0267. The largest absolute Gasteiger partial charge is 0.381 e. The Kier molecular flexibility index (Phi) is 4.91. The average molecular weight is 393 g/mol. The molecule has 2 radical (unpaired) electrons. The number of rotatable bonds is 4. The van der Waals surface area contributed by atoms with Crippen molar-refractivity contribution in [3.8, 4) is 0 Å². The second kappa shape index (κ2) is 7.40. The molecule has 0 amide bonds. The first-order valence-corrected chi connectivity index (χ1v) is 9.08. The zero-order chi connectivity index (χ0) is 20.7. The predicted molar refractivity (Wildman–Crippen MR) is 107 cm³/mol. The van der Waals surface area contributed by atoms with E-state index >= 15 is 0 Å². The van der Waals surface area contributed by atoms with Crippen molar-refractivity contribution in [2.45, 2.75) is 6.92 Å². The highest BCUT2D eigenvalue weighted by Gasteiger charge is 2.27. The molecule has 3 aromatic rings. The second-order valence-corrected chi connectivity index (χ2v) is 7.07. The van der Waals surface area contributed by atoms with E-state index < -0.39 is 11.6 Å². The van der Waals surface area contributed by atoms with Crippen LogP contribution < -0.4 is 16.0 Å². The normalized spacial score (nSPS) is 14.0. The quantitative estimate of drug-likeness (QED) is 0.406. The van der Waals surface area contributed by atoms with Gasteiger partial charge in [0, 0.05) is 18.2 Å². The van der Waals surface area contributed by atoms with Gasteiger partial charge in [0.15, 0.2) is 0 Å². The summed E-state index contributed by atoms with van der Waals surface area (Å²) in [5.74, 6) is -0.698. The van der Waals surface area contributed by atoms with Gasteiger partial charge in [-0.3, -0.25) is 15.4 Å². The molecule has 0 spiro atoms. The van der Waals surface area contributed by atoms with Gasteiger partial charge in [0.05, 0.1) is 24.1 Å². The second-order valence-electron chi connectivity index (χ2n) is 7.07. The Bertz CT molecular complexity index is 1160. The number of benzene rings is 2. The van der Waals surface area contributed by atoms with Gasteiger partial charge >= 0.3 is 0 Å². The van der Waals surface area contributed by atoms with Crippen LogP contribution in [0.15, 0.2) is 36.4 Å². The van der Waals surface area contributed by atoms with Crippen molar-refractivity contribution in [1.29, 1.82) is 10.8 Å². The van der Waals surface area contributed by atoms with Crippen molar-refractivity contribution >= 4 is 41.6 Å². The van der Waals surface area contributed by atoms with E-state index in [4.69, 9.17) is 23.4 Å². The van der Waals surface area contributed by atoms with Crippen LogP contribution in [0.3, 0.4) is 0 Å². The summed E-state index contributed by atoms with van der Waals surface area (Å²) in [5, 5.41) is 16.4. The Labute approximate surface area is 167 Å². The number of hydrogen-bond donors (Lipinski definition) is 2. The molecular formula is C20H18BF2N5O. The van der Waals surface area contributed by atoms with Crippen LogP contribution in [-0.4, -0.2) is 43.0 Å². The van der Waals surface area contributed by atoms with E-state index in [2.05, 4.69) is 4.98 Å². The van der Waals surface area contributed by atoms with Gasteiger partial charge in [0.2, 0.25) is 5.62 Å². The van der Waals surface area contributed by atoms with Gasteiger partial charge < -0.3 is 9.64 Å². The van der Waals surface area contributed by atoms with Crippen LogP contribution in [0.1, 0.15) is 6.92 Å². The summed E-state index contributed by atoms with van der Waals surface area (Å²) < 4.78 is 35.5. The maximum atomic E-state index is 15.0. The van der Waals surface area contributed by atoms with Crippen LogP contribution in [0.4, 0.5) is 20.3 Å². The topological polar surface area (TPSA) is 78.0 Å². The minimum atomic E-state index is -0.542. The molecule has 6 nitrogen and oxygen atoms in total. The van der Waals surface area contributed by atoms with Crippen LogP contribution >= 0.6 is 0 Å². The first kappa shape index (κ1) is 19.3. The maximum Gasteiger partial charge on any atom is 0.230 e. The van der Waals surface area contributed by atoms with Gasteiger partial charge in [-0.15, -0.1) is 0 Å². The van der Waals surface area contributed by atoms with Gasteiger partial charge in [0.1, 0.15) is 31.1 Å². The van der Waals surface area contributed by atoms with Gasteiger partial charge in [-0.25, -0.2) is 8.78 Å². The van der Waals surface area contributed by atoms with Crippen LogP contribution in [0.25, 0.3) is 10.9 Å². The van der Waals surface area contributed by atoms with Crippen molar-refractivity contribution in [3.05, 3.63) is 53.7 Å². The van der Waals surface area contributed by atoms with Crippen LogP contribution in [0, 0.1) is 28.4 Å². The summed E-state index contributed by atoms with van der Waals surface area (Å²) in [6.07, 6.45) is 0. The number of anilines is 2. The van der Waals surface area contributed by atoms with Gasteiger partial charge in [0.25, 0.3) is 0 Å². The van der Waals surface area contributed by atoms with E-state index in [1.807, 2.05) is 0 Å². The number of fused-ring (bicyclic) bond motifs is 1. The number of nitrogens with one attached hydrogen (secondary N) is 2. The Hall–Kier alpha value is -3.07. The molecule has 9 heteroatoms. The molecular weight excluding hydrogens is 375 g/mol. The van der Waals surface area contributed by atoms with Gasteiger partial charge in [-0.1, -0.05) is 11.5 Å². The van der Waals surface area contributed by atoms with Crippen molar-refractivity contribution < 1.29 is 13.5 Å². The Balaban J connectivity index is 2.00. The highest BCUT2D eigenvalue weighted by Crippen LogP contribution is 2.33. The number of ether oxygens (including phenoxy) is 1. The highest BCUT2D eigenvalue weighted by atomic mass is 19.1. The molecule has 4 rings (SSSR count). The maximum absolute atomic E-state index is 15.0. The molecule has 1 aliphatic heterocycles. The van der Waals surface area contributed by atoms with Crippen molar-refractivity contribution in [2.24, 2.45) is 5.92 Å². The lowest BCUT2D eigenvalue weighted by Crippen LogP contribution is -2.39. The summed E-state index contributed by atoms with van der Waals surface area (Å²) in [6.45, 7) is 2.95. The summed E-state index contributed by atoms with van der Waals surface area (Å²) in [7, 11) is 5.83. The number of halogens is 2. The molecule has 1 fully saturated rings. The van der Waals surface area contributed by atoms with E-state index in [-0.39, 0.29) is 34.0 Å². The fraction of sp³-hybridized carbons (Fsp3) is 0.250. The number of hydrogen-bond acceptors (Lipinski definition) is 5. The zero-order valence-electron chi connectivity index (χ0n) is 15.7. The third kappa shape index (κ3) is 3.53. The molecule has 0 atom stereocenters. The van der Waals surface area contributed by atoms with Gasteiger partial charge in [-0.05, 0) is 37.3 Å². The van der Waals surface area contributed by atoms with E-state index in [0.717, 1.165) is 0 Å². The van der Waals surface area contributed by atoms with Crippen molar-refractivity contribution in [2.75, 3.05) is 24.7 Å². The smallest absolute Gasteiger partial charge is 0.230 e. The third-order valence-corrected chi connectivity index (χ3v) is 4.84. The lowest BCUT2D eigenvalue weighted by atomic mass is 9.95. The lowest BCUT2D eigenvalue weighted by Gasteiger charge is -2.34. The summed E-state index contributed by atoms with van der Waals surface area (Å²) in [4.78, 5) is 5.97. The first-order valence-electron chi connectivity index (χ1n) is 9.08. The third-order valence-electron chi connectivity index (χ3n) is 4.84. The standard InChI is InChI=1S/C20H18BF2N5O/c1-11(24)28-17-4-2-3-16(23)18(17)19(26-20(28)25)27(8-12-9-29-10-12)15-6-13(21)5-14(22)7-15/h2-7,12,24-25H,8-10H2,1H3. The molecule has 0 bridgehead atoms. The summed E-state index contributed by atoms with van der Waals surface area (Å²) in [5.41, 5.74) is 0.763. The zero-order valence-corrected chi connectivity index (χ0v) is 15.7. The van der Waals surface area contributed by atoms with Gasteiger partial charge in [-0.2, -0.15) is 4.98 Å². The van der Waals surface area contributed by atoms with Crippen LogP contribution in [0.2, 0.25) is 0 Å². The molecule has 146 valence electrons. The highest BCUT2D eigenvalue weighted by molar-refractivity contribution is 6.32. The molecule has 2 heterocycles. The van der Waals surface area contributed by atoms with Crippen LogP contribution in [-0.2, 0) is 4.74 Å². The van der Waals surface area contributed by atoms with Crippen LogP contribution in [0.5, 0.6) is 0 Å². The summed E-state index contributed by atoms with van der Waals surface area (Å²) >= 11 is 0. The fourth-order valence-electron chi connectivity index (χ4n) is 3.49. The molecule has 1 aromatic heterocycles. The molecule has 2 aromatic carbocycles. The molecule has 1 saturated heterocycles. The van der Waals surface area contributed by atoms with Crippen molar-refractivity contribution in [1.82, 2.24) is 9.55 Å². The van der Waals surface area contributed by atoms with E-state index in [0.29, 0.717) is 31.0 Å². The molecule has 29 heavy (non-hydrogen) atoms. The predicted octanol–water partition coefficient (Wildman–Crippen LogP) is 2.22. The molecule has 0 saturated carbocycles. The Morgan fingerprint density at radius 1 is 1.31 bits per heavy atom.